The normalized spacial score (nSPS) is 16.5. The van der Waals surface area contributed by atoms with Crippen molar-refractivity contribution in [3.8, 4) is 11.8 Å². The number of carbonyl (C=O) groups excluding carboxylic acids is 2. The van der Waals surface area contributed by atoms with Crippen LogP contribution in [0.2, 0.25) is 0 Å². The Balaban J connectivity index is 1.62. The average molecular weight is 348 g/mol. The van der Waals surface area contributed by atoms with E-state index in [1.54, 1.807) is 0 Å². The number of nitrogens with one attached hydrogen (secondary N) is 1. The summed E-state index contributed by atoms with van der Waals surface area (Å²) in [5.74, 6) is -1.99. The van der Waals surface area contributed by atoms with E-state index in [1.807, 2.05) is 61.5 Å². The van der Waals surface area contributed by atoms with Crippen LogP contribution in [0.3, 0.4) is 0 Å². The Morgan fingerprint density at radius 3 is 2.69 bits per heavy atom. The molecule has 132 valence electrons. The van der Waals surface area contributed by atoms with E-state index in [0.29, 0.717) is 6.42 Å². The molecule has 1 heterocycles. The van der Waals surface area contributed by atoms with Crippen LogP contribution in [0.25, 0.3) is 0 Å². The number of nitriles is 1. The summed E-state index contributed by atoms with van der Waals surface area (Å²) in [5, 5.41) is 12.0. The zero-order chi connectivity index (χ0) is 18.5. The molecule has 1 amide bonds. The highest BCUT2D eigenvalue weighted by molar-refractivity contribution is 6.05. The van der Waals surface area contributed by atoms with Crippen molar-refractivity contribution in [3.05, 3.63) is 65.2 Å². The number of carbonyl (C=O) groups is 2. The molecule has 0 spiro atoms. The van der Waals surface area contributed by atoms with Crippen molar-refractivity contribution >= 4 is 11.7 Å². The molecule has 5 nitrogen and oxygen atoms in total. The average Bonchev–Trinajstić information content (AvgIpc) is 2.67. The van der Waals surface area contributed by atoms with Gasteiger partial charge in [-0.25, -0.2) is 0 Å². The molecule has 0 saturated carbocycles. The van der Waals surface area contributed by atoms with Crippen LogP contribution in [-0.4, -0.2) is 18.3 Å². The summed E-state index contributed by atoms with van der Waals surface area (Å²) in [4.78, 5) is 25.0. The number of fused-ring (bicyclic) bond motifs is 1. The third kappa shape index (κ3) is 3.92. The minimum atomic E-state index is -1.32. The molecule has 1 aliphatic heterocycles. The number of ketones is 1. The van der Waals surface area contributed by atoms with Crippen LogP contribution in [0.15, 0.2) is 48.5 Å². The molecule has 0 aromatic heterocycles. The highest BCUT2D eigenvalue weighted by Crippen LogP contribution is 2.28. The molecular weight excluding hydrogens is 328 g/mol. The second kappa shape index (κ2) is 7.83. The lowest BCUT2D eigenvalue weighted by atomic mass is 9.87. The number of para-hydroxylation sites is 1. The number of nitrogens with zero attached hydrogens (tertiary/aromatic N) is 1. The fourth-order valence-corrected chi connectivity index (χ4v) is 3.00. The van der Waals surface area contributed by atoms with E-state index in [1.165, 1.54) is 0 Å². The first-order valence-electron chi connectivity index (χ1n) is 8.56. The molecule has 2 aromatic carbocycles. The minimum absolute atomic E-state index is 0.194. The van der Waals surface area contributed by atoms with Gasteiger partial charge in [-0.05, 0) is 30.5 Å². The van der Waals surface area contributed by atoms with E-state index in [-0.39, 0.29) is 18.9 Å². The fourth-order valence-electron chi connectivity index (χ4n) is 3.00. The van der Waals surface area contributed by atoms with Gasteiger partial charge in [-0.2, -0.15) is 5.26 Å². The number of hydrogen-bond donors (Lipinski definition) is 1. The predicted octanol–water partition coefficient (Wildman–Crippen LogP) is 2.57. The van der Waals surface area contributed by atoms with Crippen molar-refractivity contribution in [1.82, 2.24) is 5.32 Å². The van der Waals surface area contributed by atoms with Crippen LogP contribution in [0.1, 0.15) is 16.7 Å². The summed E-state index contributed by atoms with van der Waals surface area (Å²) in [7, 11) is 0. The molecule has 26 heavy (non-hydrogen) atoms. The lowest BCUT2D eigenvalue weighted by Gasteiger charge is -2.25. The van der Waals surface area contributed by atoms with Crippen LogP contribution in [0.4, 0.5) is 0 Å². The smallest absolute Gasteiger partial charge is 0.245 e. The second-order valence-electron chi connectivity index (χ2n) is 6.49. The van der Waals surface area contributed by atoms with Gasteiger partial charge >= 0.3 is 0 Å². The molecule has 0 saturated heterocycles. The van der Waals surface area contributed by atoms with Crippen molar-refractivity contribution in [3.63, 3.8) is 0 Å². The van der Waals surface area contributed by atoms with Gasteiger partial charge in [0.15, 0.2) is 11.7 Å². The molecule has 1 N–H and O–H groups in total. The second-order valence-corrected chi connectivity index (χ2v) is 6.49. The zero-order valence-electron chi connectivity index (χ0n) is 14.6. The van der Waals surface area contributed by atoms with Crippen molar-refractivity contribution in [2.24, 2.45) is 11.8 Å². The number of amides is 1. The number of rotatable bonds is 5. The van der Waals surface area contributed by atoms with Gasteiger partial charge in [0.1, 0.15) is 5.75 Å². The van der Waals surface area contributed by atoms with E-state index < -0.39 is 17.7 Å². The molecule has 3 rings (SSSR count). The molecule has 0 fully saturated rings. The molecule has 0 unspecified atom stereocenters. The Morgan fingerprint density at radius 2 is 1.96 bits per heavy atom. The molecule has 0 radical (unpaired) electrons. The summed E-state index contributed by atoms with van der Waals surface area (Å²) in [5.41, 5.74) is 2.97. The number of Topliss-reactive ketones (excluding diaryl/α,β-unsaturated/α-hetero) is 1. The molecule has 2 atom stereocenters. The lowest BCUT2D eigenvalue weighted by Crippen LogP contribution is -2.40. The summed E-state index contributed by atoms with van der Waals surface area (Å²) < 4.78 is 5.61. The number of ether oxygens (including phenoxy) is 1. The van der Waals surface area contributed by atoms with E-state index in [2.05, 4.69) is 5.32 Å². The standard InChI is InChI=1S/C21H20N2O3/c1-14-6-8-15(9-7-14)12-23-21(25)18(11-22)20(24)17-10-16-4-2-3-5-19(16)26-13-17/h2-9,17-18H,10,12-13H2,1H3,(H,23,25)/t17-,18+/m0/s1. The minimum Gasteiger partial charge on any atom is -0.493 e. The number of hydrogen-bond acceptors (Lipinski definition) is 4. The molecule has 1 aliphatic rings. The van der Waals surface area contributed by atoms with E-state index >= 15 is 0 Å². The maximum atomic E-state index is 12.7. The Morgan fingerprint density at radius 1 is 1.23 bits per heavy atom. The molecule has 5 heteroatoms. The van der Waals surface area contributed by atoms with Crippen LogP contribution < -0.4 is 10.1 Å². The van der Waals surface area contributed by atoms with Crippen molar-refractivity contribution in [2.45, 2.75) is 19.9 Å². The van der Waals surface area contributed by atoms with E-state index in [0.717, 1.165) is 22.4 Å². The van der Waals surface area contributed by atoms with Gasteiger partial charge in [0.2, 0.25) is 5.91 Å². The number of aryl methyl sites for hydroxylation is 1. The number of benzene rings is 2. The predicted molar refractivity (Wildman–Crippen MR) is 96.3 cm³/mol. The Kier molecular flexibility index (Phi) is 5.33. The van der Waals surface area contributed by atoms with Gasteiger partial charge in [0.05, 0.1) is 18.6 Å². The van der Waals surface area contributed by atoms with Gasteiger partial charge in [-0.1, -0.05) is 48.0 Å². The van der Waals surface area contributed by atoms with Gasteiger partial charge in [0.25, 0.3) is 0 Å². The monoisotopic (exact) mass is 348 g/mol. The Bertz CT molecular complexity index is 852. The summed E-state index contributed by atoms with van der Waals surface area (Å²) in [6.45, 7) is 2.46. The van der Waals surface area contributed by atoms with E-state index in [9.17, 15) is 14.9 Å². The zero-order valence-corrected chi connectivity index (χ0v) is 14.6. The maximum Gasteiger partial charge on any atom is 0.245 e. The summed E-state index contributed by atoms with van der Waals surface area (Å²) in [6.07, 6.45) is 0.485. The summed E-state index contributed by atoms with van der Waals surface area (Å²) >= 11 is 0. The maximum absolute atomic E-state index is 12.7. The van der Waals surface area contributed by atoms with Crippen LogP contribution in [0, 0.1) is 30.1 Å². The third-order valence-corrected chi connectivity index (χ3v) is 4.54. The van der Waals surface area contributed by atoms with Gasteiger partial charge < -0.3 is 10.1 Å². The van der Waals surface area contributed by atoms with Crippen LogP contribution in [-0.2, 0) is 22.6 Å². The Labute approximate surface area is 152 Å². The van der Waals surface area contributed by atoms with Gasteiger partial charge in [-0.15, -0.1) is 0 Å². The van der Waals surface area contributed by atoms with E-state index in [4.69, 9.17) is 4.74 Å². The van der Waals surface area contributed by atoms with Gasteiger partial charge in [0, 0.05) is 6.54 Å². The van der Waals surface area contributed by atoms with Crippen molar-refractivity contribution in [1.29, 1.82) is 5.26 Å². The fraction of sp³-hybridized carbons (Fsp3) is 0.286. The topological polar surface area (TPSA) is 79.2 Å². The highest BCUT2D eigenvalue weighted by atomic mass is 16.5. The molecule has 2 aromatic rings. The third-order valence-electron chi connectivity index (χ3n) is 4.54. The van der Waals surface area contributed by atoms with Gasteiger partial charge in [-0.3, -0.25) is 9.59 Å². The Hall–Kier alpha value is -3.13. The SMILES string of the molecule is Cc1ccc(CNC(=O)[C@H](C#N)C(=O)[C@@H]2COc3ccccc3C2)cc1. The molecular formula is C21H20N2O3. The molecule has 0 bridgehead atoms. The molecule has 0 aliphatic carbocycles. The van der Waals surface area contributed by atoms with Crippen molar-refractivity contribution < 1.29 is 14.3 Å². The van der Waals surface area contributed by atoms with Crippen LogP contribution >= 0.6 is 0 Å². The van der Waals surface area contributed by atoms with Crippen LogP contribution in [0.5, 0.6) is 5.75 Å². The first-order valence-corrected chi connectivity index (χ1v) is 8.56. The first-order chi connectivity index (χ1) is 12.6. The van der Waals surface area contributed by atoms with Crippen molar-refractivity contribution in [2.75, 3.05) is 6.61 Å². The largest absolute Gasteiger partial charge is 0.493 e. The quantitative estimate of drug-likeness (QED) is 0.842. The highest BCUT2D eigenvalue weighted by Gasteiger charge is 2.35. The first kappa shape index (κ1) is 17.7. The lowest BCUT2D eigenvalue weighted by molar-refractivity contribution is -0.134. The summed E-state index contributed by atoms with van der Waals surface area (Å²) in [6, 6.07) is 17.1.